The number of rotatable bonds is 4. The Bertz CT molecular complexity index is 504. The van der Waals surface area contributed by atoms with Crippen molar-refractivity contribution in [1.82, 2.24) is 4.90 Å². The smallest absolute Gasteiger partial charge is 0.230 e. The summed E-state index contributed by atoms with van der Waals surface area (Å²) in [6.45, 7) is 1.28. The molecule has 0 spiro atoms. The first-order chi connectivity index (χ1) is 9.65. The number of hydrogen-bond donors (Lipinski definition) is 1. The fraction of sp³-hybridized carbons (Fsp3) is 0.533. The molecule has 1 amide bonds. The molecule has 5 heteroatoms. The van der Waals surface area contributed by atoms with E-state index in [-0.39, 0.29) is 29.7 Å². The van der Waals surface area contributed by atoms with Gasteiger partial charge in [0.15, 0.2) is 0 Å². The fourth-order valence-electron chi connectivity index (χ4n) is 2.64. The second-order valence-corrected chi connectivity index (χ2v) is 5.64. The minimum absolute atomic E-state index is 0.0433. The topological polar surface area (TPSA) is 55.6 Å². The van der Waals surface area contributed by atoms with Crippen LogP contribution in [-0.4, -0.2) is 36.1 Å². The van der Waals surface area contributed by atoms with E-state index in [4.69, 9.17) is 10.5 Å². The molecule has 0 bridgehead atoms. The lowest BCUT2D eigenvalue weighted by atomic mass is 10.0. The first-order valence-corrected chi connectivity index (χ1v) is 7.03. The third kappa shape index (κ3) is 2.83. The van der Waals surface area contributed by atoms with Crippen molar-refractivity contribution in [1.29, 1.82) is 0 Å². The first-order valence-electron chi connectivity index (χ1n) is 7.03. The zero-order valence-electron chi connectivity index (χ0n) is 11.3. The van der Waals surface area contributed by atoms with Gasteiger partial charge in [0.2, 0.25) is 5.91 Å². The normalized spacial score (nSPS) is 25.7. The van der Waals surface area contributed by atoms with E-state index in [1.807, 2.05) is 11.0 Å². The number of hydrogen-bond acceptors (Lipinski definition) is 3. The van der Waals surface area contributed by atoms with Crippen LogP contribution in [0.3, 0.4) is 0 Å². The number of amides is 1. The molecule has 2 unspecified atom stereocenters. The number of nitrogens with zero attached hydrogens (tertiary/aromatic N) is 1. The van der Waals surface area contributed by atoms with Crippen LogP contribution in [0.1, 0.15) is 18.4 Å². The number of nitrogens with two attached hydrogens (primary N) is 1. The molecule has 2 fully saturated rings. The Kier molecular flexibility index (Phi) is 3.72. The standard InChI is InChI=1S/C15H19FN2O2/c16-11-3-1-2-10(6-11)7-18(12-4-5-12)15(19)13-8-20-9-14(13)17/h1-3,6,12-14H,4-5,7-9,17H2. The molecule has 2 N–H and O–H groups in total. The van der Waals surface area contributed by atoms with E-state index in [0.717, 1.165) is 18.4 Å². The second-order valence-electron chi connectivity index (χ2n) is 5.64. The monoisotopic (exact) mass is 278 g/mol. The maximum Gasteiger partial charge on any atom is 0.230 e. The van der Waals surface area contributed by atoms with E-state index in [1.165, 1.54) is 12.1 Å². The Morgan fingerprint density at radius 3 is 2.80 bits per heavy atom. The molecule has 1 heterocycles. The van der Waals surface area contributed by atoms with Gasteiger partial charge in [0.25, 0.3) is 0 Å². The molecule has 0 aromatic heterocycles. The number of carbonyl (C=O) groups excluding carboxylic acids is 1. The van der Waals surface area contributed by atoms with Crippen LogP contribution < -0.4 is 5.73 Å². The fourth-order valence-corrected chi connectivity index (χ4v) is 2.64. The third-order valence-corrected chi connectivity index (χ3v) is 3.95. The molecule has 2 aliphatic rings. The van der Waals surface area contributed by atoms with Crippen molar-refractivity contribution >= 4 is 5.91 Å². The van der Waals surface area contributed by atoms with Crippen LogP contribution >= 0.6 is 0 Å². The highest BCUT2D eigenvalue weighted by Gasteiger charge is 2.40. The van der Waals surface area contributed by atoms with Crippen LogP contribution in [0.4, 0.5) is 4.39 Å². The number of carbonyl (C=O) groups is 1. The van der Waals surface area contributed by atoms with Gasteiger partial charge in [-0.2, -0.15) is 0 Å². The minimum atomic E-state index is -0.272. The molecule has 1 saturated carbocycles. The summed E-state index contributed by atoms with van der Waals surface area (Å²) >= 11 is 0. The zero-order chi connectivity index (χ0) is 14.1. The van der Waals surface area contributed by atoms with Gasteiger partial charge >= 0.3 is 0 Å². The second kappa shape index (κ2) is 5.50. The molecule has 1 aliphatic carbocycles. The molecule has 108 valence electrons. The Hall–Kier alpha value is -1.46. The van der Waals surface area contributed by atoms with Crippen molar-refractivity contribution in [2.75, 3.05) is 13.2 Å². The van der Waals surface area contributed by atoms with Gasteiger partial charge in [-0.1, -0.05) is 12.1 Å². The largest absolute Gasteiger partial charge is 0.379 e. The van der Waals surface area contributed by atoms with Gasteiger partial charge in [-0.25, -0.2) is 4.39 Å². The predicted octanol–water partition coefficient (Wildman–Crippen LogP) is 1.29. The molecule has 4 nitrogen and oxygen atoms in total. The maximum atomic E-state index is 13.3. The van der Waals surface area contributed by atoms with Gasteiger partial charge in [0.05, 0.1) is 19.1 Å². The van der Waals surface area contributed by atoms with Crippen molar-refractivity contribution in [3.8, 4) is 0 Å². The van der Waals surface area contributed by atoms with Crippen molar-refractivity contribution in [3.63, 3.8) is 0 Å². The average Bonchev–Trinajstić information content (AvgIpc) is 3.17. The van der Waals surface area contributed by atoms with E-state index < -0.39 is 0 Å². The summed E-state index contributed by atoms with van der Waals surface area (Å²) in [7, 11) is 0. The van der Waals surface area contributed by atoms with Crippen LogP contribution in [-0.2, 0) is 16.1 Å². The number of halogens is 1. The molecule has 0 radical (unpaired) electrons. The number of ether oxygens (including phenoxy) is 1. The maximum absolute atomic E-state index is 13.3. The molecule has 2 atom stereocenters. The molecule has 3 rings (SSSR count). The van der Waals surface area contributed by atoms with Gasteiger partial charge < -0.3 is 15.4 Å². The highest BCUT2D eigenvalue weighted by atomic mass is 19.1. The molecule has 1 aromatic rings. The summed E-state index contributed by atoms with van der Waals surface area (Å²) in [6.07, 6.45) is 2.04. The van der Waals surface area contributed by atoms with Crippen LogP contribution in [0.5, 0.6) is 0 Å². The van der Waals surface area contributed by atoms with Crippen LogP contribution in [0, 0.1) is 11.7 Å². The van der Waals surface area contributed by atoms with Crippen LogP contribution in [0.25, 0.3) is 0 Å². The Balaban J connectivity index is 1.74. The molecule has 1 saturated heterocycles. The zero-order valence-corrected chi connectivity index (χ0v) is 11.3. The van der Waals surface area contributed by atoms with Gasteiger partial charge in [-0.3, -0.25) is 4.79 Å². The molecule has 20 heavy (non-hydrogen) atoms. The van der Waals surface area contributed by atoms with Gasteiger partial charge in [-0.05, 0) is 30.5 Å². The summed E-state index contributed by atoms with van der Waals surface area (Å²) in [5, 5.41) is 0. The first kappa shape index (κ1) is 13.5. The highest BCUT2D eigenvalue weighted by molar-refractivity contribution is 5.80. The molecular weight excluding hydrogens is 259 g/mol. The summed E-state index contributed by atoms with van der Waals surface area (Å²) < 4.78 is 18.5. The molecule has 1 aromatic carbocycles. The Morgan fingerprint density at radius 1 is 1.40 bits per heavy atom. The quantitative estimate of drug-likeness (QED) is 0.903. The lowest BCUT2D eigenvalue weighted by Crippen LogP contribution is -2.44. The summed E-state index contributed by atoms with van der Waals surface area (Å²) in [5.41, 5.74) is 6.74. The van der Waals surface area contributed by atoms with Crippen molar-refractivity contribution in [2.45, 2.75) is 31.5 Å². The van der Waals surface area contributed by atoms with E-state index in [9.17, 15) is 9.18 Å². The van der Waals surface area contributed by atoms with Gasteiger partial charge in [0, 0.05) is 18.6 Å². The van der Waals surface area contributed by atoms with Crippen molar-refractivity contribution in [2.24, 2.45) is 11.7 Å². The molecule has 1 aliphatic heterocycles. The van der Waals surface area contributed by atoms with Crippen LogP contribution in [0.2, 0.25) is 0 Å². The lowest BCUT2D eigenvalue weighted by Gasteiger charge is -2.26. The lowest BCUT2D eigenvalue weighted by molar-refractivity contribution is -0.137. The van der Waals surface area contributed by atoms with Crippen molar-refractivity contribution < 1.29 is 13.9 Å². The van der Waals surface area contributed by atoms with E-state index in [2.05, 4.69) is 0 Å². The minimum Gasteiger partial charge on any atom is -0.379 e. The predicted molar refractivity (Wildman–Crippen MR) is 72.3 cm³/mol. The molecular formula is C15H19FN2O2. The van der Waals surface area contributed by atoms with Gasteiger partial charge in [0.1, 0.15) is 5.82 Å². The van der Waals surface area contributed by atoms with Gasteiger partial charge in [-0.15, -0.1) is 0 Å². The van der Waals surface area contributed by atoms with E-state index in [0.29, 0.717) is 19.8 Å². The Labute approximate surface area is 117 Å². The SMILES string of the molecule is NC1COCC1C(=O)N(Cc1cccc(F)c1)C1CC1. The number of benzene rings is 1. The van der Waals surface area contributed by atoms with Crippen molar-refractivity contribution in [3.05, 3.63) is 35.6 Å². The van der Waals surface area contributed by atoms with E-state index >= 15 is 0 Å². The Morgan fingerprint density at radius 2 is 2.20 bits per heavy atom. The third-order valence-electron chi connectivity index (χ3n) is 3.95. The summed E-state index contributed by atoms with van der Waals surface area (Å²) in [5.74, 6) is -0.488. The summed E-state index contributed by atoms with van der Waals surface area (Å²) in [4.78, 5) is 14.4. The highest BCUT2D eigenvalue weighted by Crippen LogP contribution is 2.31. The van der Waals surface area contributed by atoms with Crippen LogP contribution in [0.15, 0.2) is 24.3 Å². The van der Waals surface area contributed by atoms with E-state index in [1.54, 1.807) is 6.07 Å². The average molecular weight is 278 g/mol. The summed E-state index contributed by atoms with van der Waals surface area (Å²) in [6, 6.07) is 6.46.